The summed E-state index contributed by atoms with van der Waals surface area (Å²) in [7, 11) is -2.14. The Morgan fingerprint density at radius 2 is 1.36 bits per heavy atom. The van der Waals surface area contributed by atoms with E-state index in [1.807, 2.05) is 36.4 Å². The molecular weight excluding hydrogens is 440 g/mol. The van der Waals surface area contributed by atoms with Crippen LogP contribution in [0.15, 0.2) is 89.8 Å². The van der Waals surface area contributed by atoms with Crippen LogP contribution in [-0.2, 0) is 21.4 Å². The second-order valence-electron chi connectivity index (χ2n) is 7.32. The minimum atomic E-state index is -3.67. The summed E-state index contributed by atoms with van der Waals surface area (Å²) in [5.74, 6) is -0.299. The van der Waals surface area contributed by atoms with Crippen LogP contribution >= 0.6 is 0 Å². The fourth-order valence-corrected chi connectivity index (χ4v) is 4.18. The molecular formula is C24H26N4O4S. The number of rotatable bonds is 9. The van der Waals surface area contributed by atoms with Crippen molar-refractivity contribution < 1.29 is 18.0 Å². The second kappa shape index (κ2) is 11.3. The first-order chi connectivity index (χ1) is 15.8. The molecule has 0 radical (unpaired) electrons. The molecule has 0 aliphatic rings. The standard InChI is InChI=1S/C24H26N4O4S/c1-28(18-19-8-4-2-5-9-19)33(31,32)22-14-12-21(13-15-22)26-23(29)16-17-25-24(30)27-20-10-6-3-7-11-20/h2-15H,16-18H2,1H3,(H,26,29)(H2,25,27,30). The van der Waals surface area contributed by atoms with E-state index in [0.29, 0.717) is 11.4 Å². The zero-order valence-corrected chi connectivity index (χ0v) is 19.0. The highest BCUT2D eigenvalue weighted by molar-refractivity contribution is 7.89. The lowest BCUT2D eigenvalue weighted by atomic mass is 10.2. The first kappa shape index (κ1) is 24.0. The minimum absolute atomic E-state index is 0.0715. The number of nitrogens with zero attached hydrogens (tertiary/aromatic N) is 1. The Kier molecular flexibility index (Phi) is 8.17. The summed E-state index contributed by atoms with van der Waals surface area (Å²) < 4.78 is 26.9. The molecule has 0 unspecified atom stereocenters. The maximum Gasteiger partial charge on any atom is 0.319 e. The van der Waals surface area contributed by atoms with E-state index in [2.05, 4.69) is 16.0 Å². The average molecular weight is 467 g/mol. The van der Waals surface area contributed by atoms with E-state index in [1.165, 1.54) is 35.6 Å². The third-order valence-corrected chi connectivity index (χ3v) is 6.58. The predicted octanol–water partition coefficient (Wildman–Crippen LogP) is 3.66. The lowest BCUT2D eigenvalue weighted by Gasteiger charge is -2.17. The fraction of sp³-hybridized carbons (Fsp3) is 0.167. The molecule has 0 spiro atoms. The molecule has 0 saturated heterocycles. The SMILES string of the molecule is CN(Cc1ccccc1)S(=O)(=O)c1ccc(NC(=O)CCNC(=O)Nc2ccccc2)cc1. The Hall–Kier alpha value is -3.69. The molecule has 3 aromatic carbocycles. The third-order valence-electron chi connectivity index (χ3n) is 4.76. The van der Waals surface area contributed by atoms with E-state index in [4.69, 9.17) is 0 Å². The van der Waals surface area contributed by atoms with Gasteiger partial charge in [-0.05, 0) is 42.0 Å². The summed E-state index contributed by atoms with van der Waals surface area (Å²) >= 11 is 0. The maximum absolute atomic E-state index is 12.8. The van der Waals surface area contributed by atoms with Gasteiger partial charge in [-0.1, -0.05) is 48.5 Å². The number of hydrogen-bond donors (Lipinski definition) is 3. The van der Waals surface area contributed by atoms with E-state index in [1.54, 1.807) is 24.3 Å². The highest BCUT2D eigenvalue weighted by atomic mass is 32.2. The van der Waals surface area contributed by atoms with Gasteiger partial charge in [-0.15, -0.1) is 0 Å². The van der Waals surface area contributed by atoms with Gasteiger partial charge in [0.25, 0.3) is 0 Å². The summed E-state index contributed by atoms with van der Waals surface area (Å²) in [6.07, 6.45) is 0.0715. The van der Waals surface area contributed by atoms with Crippen molar-refractivity contribution in [2.24, 2.45) is 0 Å². The van der Waals surface area contributed by atoms with Gasteiger partial charge in [0, 0.05) is 37.9 Å². The molecule has 0 bridgehead atoms. The van der Waals surface area contributed by atoms with Gasteiger partial charge in [-0.25, -0.2) is 13.2 Å². The Morgan fingerprint density at radius 3 is 2.00 bits per heavy atom. The van der Waals surface area contributed by atoms with E-state index >= 15 is 0 Å². The van der Waals surface area contributed by atoms with E-state index < -0.39 is 16.1 Å². The molecule has 0 saturated carbocycles. The quantitative estimate of drug-likeness (QED) is 0.447. The van der Waals surface area contributed by atoms with Crippen LogP contribution in [0.5, 0.6) is 0 Å². The van der Waals surface area contributed by atoms with Crippen LogP contribution in [0.25, 0.3) is 0 Å². The molecule has 0 aliphatic heterocycles. The van der Waals surface area contributed by atoms with E-state index in [0.717, 1.165) is 5.56 Å². The largest absolute Gasteiger partial charge is 0.337 e. The van der Waals surface area contributed by atoms with Crippen molar-refractivity contribution >= 4 is 33.3 Å². The predicted molar refractivity (Wildman–Crippen MR) is 128 cm³/mol. The molecule has 172 valence electrons. The van der Waals surface area contributed by atoms with Crippen molar-refractivity contribution in [3.63, 3.8) is 0 Å². The molecule has 9 heteroatoms. The van der Waals surface area contributed by atoms with Crippen LogP contribution in [0.1, 0.15) is 12.0 Å². The molecule has 0 fully saturated rings. The van der Waals surface area contributed by atoms with Crippen LogP contribution in [0.4, 0.5) is 16.2 Å². The molecule has 0 aromatic heterocycles. The summed E-state index contributed by atoms with van der Waals surface area (Å²) in [6.45, 7) is 0.410. The third kappa shape index (κ3) is 7.16. The molecule has 3 aromatic rings. The summed E-state index contributed by atoms with van der Waals surface area (Å²) in [6, 6.07) is 23.9. The van der Waals surface area contributed by atoms with Gasteiger partial charge in [0.15, 0.2) is 0 Å². The van der Waals surface area contributed by atoms with Crippen LogP contribution < -0.4 is 16.0 Å². The summed E-state index contributed by atoms with van der Waals surface area (Å²) in [5.41, 5.74) is 2.01. The van der Waals surface area contributed by atoms with Gasteiger partial charge < -0.3 is 16.0 Å². The number of urea groups is 1. The van der Waals surface area contributed by atoms with Gasteiger partial charge in [0.05, 0.1) is 4.90 Å². The van der Waals surface area contributed by atoms with Gasteiger partial charge in [0.2, 0.25) is 15.9 Å². The Morgan fingerprint density at radius 1 is 0.788 bits per heavy atom. The number of amides is 3. The highest BCUT2D eigenvalue weighted by Gasteiger charge is 2.20. The van der Waals surface area contributed by atoms with Crippen LogP contribution in [0, 0.1) is 0 Å². The highest BCUT2D eigenvalue weighted by Crippen LogP contribution is 2.19. The van der Waals surface area contributed by atoms with Crippen molar-refractivity contribution in [3.8, 4) is 0 Å². The van der Waals surface area contributed by atoms with Crippen molar-refractivity contribution in [2.45, 2.75) is 17.9 Å². The average Bonchev–Trinajstić information content (AvgIpc) is 2.80. The van der Waals surface area contributed by atoms with E-state index in [9.17, 15) is 18.0 Å². The zero-order chi connectivity index (χ0) is 23.7. The minimum Gasteiger partial charge on any atom is -0.337 e. The number of hydrogen-bond acceptors (Lipinski definition) is 4. The first-order valence-electron chi connectivity index (χ1n) is 10.3. The lowest BCUT2D eigenvalue weighted by Crippen LogP contribution is -2.31. The van der Waals surface area contributed by atoms with Gasteiger partial charge in [-0.2, -0.15) is 4.31 Å². The molecule has 8 nitrogen and oxygen atoms in total. The Bertz CT molecular complexity index is 1170. The Labute approximate surface area is 193 Å². The first-order valence-corrected chi connectivity index (χ1v) is 11.8. The maximum atomic E-state index is 12.8. The zero-order valence-electron chi connectivity index (χ0n) is 18.2. The van der Waals surface area contributed by atoms with Crippen molar-refractivity contribution in [2.75, 3.05) is 24.2 Å². The van der Waals surface area contributed by atoms with Crippen molar-refractivity contribution in [1.82, 2.24) is 9.62 Å². The lowest BCUT2D eigenvalue weighted by molar-refractivity contribution is -0.116. The van der Waals surface area contributed by atoms with Gasteiger partial charge in [-0.3, -0.25) is 4.79 Å². The number of para-hydroxylation sites is 1. The number of anilines is 2. The Balaban J connectivity index is 1.47. The van der Waals surface area contributed by atoms with E-state index in [-0.39, 0.29) is 30.3 Å². The van der Waals surface area contributed by atoms with Gasteiger partial charge >= 0.3 is 6.03 Å². The number of nitrogens with one attached hydrogen (secondary N) is 3. The fourth-order valence-electron chi connectivity index (χ4n) is 3.03. The molecule has 3 rings (SSSR count). The number of carbonyl (C=O) groups is 2. The molecule has 3 N–H and O–H groups in total. The number of carbonyl (C=O) groups excluding carboxylic acids is 2. The summed E-state index contributed by atoms with van der Waals surface area (Å²) in [4.78, 5) is 24.1. The molecule has 33 heavy (non-hydrogen) atoms. The van der Waals surface area contributed by atoms with Crippen LogP contribution in [0.3, 0.4) is 0 Å². The van der Waals surface area contributed by atoms with Crippen molar-refractivity contribution in [3.05, 3.63) is 90.5 Å². The summed E-state index contributed by atoms with van der Waals surface area (Å²) in [5, 5.41) is 7.97. The second-order valence-corrected chi connectivity index (χ2v) is 9.36. The number of benzene rings is 3. The monoisotopic (exact) mass is 466 g/mol. The molecule has 0 heterocycles. The normalized spacial score (nSPS) is 11.1. The topological polar surface area (TPSA) is 108 Å². The van der Waals surface area contributed by atoms with Crippen molar-refractivity contribution in [1.29, 1.82) is 0 Å². The van der Waals surface area contributed by atoms with Crippen LogP contribution in [0.2, 0.25) is 0 Å². The molecule has 3 amide bonds. The molecule has 0 atom stereocenters. The molecule has 0 aliphatic carbocycles. The van der Waals surface area contributed by atoms with Crippen LogP contribution in [-0.4, -0.2) is 38.3 Å². The smallest absolute Gasteiger partial charge is 0.319 e. The van der Waals surface area contributed by atoms with Gasteiger partial charge in [0.1, 0.15) is 0 Å². The number of sulfonamides is 1.